The summed E-state index contributed by atoms with van der Waals surface area (Å²) in [5.74, 6) is 0.659. The molecule has 0 radical (unpaired) electrons. The van der Waals surface area contributed by atoms with Crippen molar-refractivity contribution in [3.8, 4) is 5.69 Å². The number of para-hydroxylation sites is 1. The van der Waals surface area contributed by atoms with Crippen molar-refractivity contribution < 1.29 is 0 Å². The van der Waals surface area contributed by atoms with Gasteiger partial charge in [0.1, 0.15) is 0 Å². The second-order valence-electron chi connectivity index (χ2n) is 5.74. The minimum absolute atomic E-state index is 0. The molecule has 2 N–H and O–H groups in total. The third-order valence-electron chi connectivity index (χ3n) is 4.11. The average molecular weight is 425 g/mol. The molecule has 1 aliphatic rings. The molecule has 5 nitrogen and oxygen atoms in total. The van der Waals surface area contributed by atoms with Crippen LogP contribution < -0.4 is 5.73 Å². The van der Waals surface area contributed by atoms with E-state index in [1.54, 1.807) is 0 Å². The van der Waals surface area contributed by atoms with E-state index in [9.17, 15) is 0 Å². The Hall–Kier alpha value is -1.57. The molecule has 1 aliphatic heterocycles. The maximum atomic E-state index is 6.11. The lowest BCUT2D eigenvalue weighted by Crippen LogP contribution is -2.40. The lowest BCUT2D eigenvalue weighted by atomic mass is 10.1. The summed E-state index contributed by atoms with van der Waals surface area (Å²) in [7, 11) is 0. The first kappa shape index (κ1) is 17.8. The van der Waals surface area contributed by atoms with Gasteiger partial charge in [0.05, 0.1) is 17.9 Å². The fourth-order valence-electron chi connectivity index (χ4n) is 2.75. The van der Waals surface area contributed by atoms with Gasteiger partial charge in [-0.15, -0.1) is 24.0 Å². The summed E-state index contributed by atoms with van der Waals surface area (Å²) in [6.07, 6.45) is 5.76. The van der Waals surface area contributed by atoms with Gasteiger partial charge in [-0.25, -0.2) is 9.67 Å². The predicted molar refractivity (Wildman–Crippen MR) is 104 cm³/mol. The number of nitrogens with two attached hydrogens (primary N) is 1. The zero-order chi connectivity index (χ0) is 15.4. The van der Waals surface area contributed by atoms with Crippen LogP contribution in [0.5, 0.6) is 0 Å². The minimum atomic E-state index is 0. The highest BCUT2D eigenvalue weighted by Gasteiger charge is 2.12. The monoisotopic (exact) mass is 425 g/mol. The minimum Gasteiger partial charge on any atom is -0.370 e. The van der Waals surface area contributed by atoms with Gasteiger partial charge in [0, 0.05) is 24.8 Å². The molecule has 3 rings (SSSR count). The number of piperidine rings is 1. The molecule has 1 fully saturated rings. The number of aliphatic imine (C=N–C) groups is 1. The van der Waals surface area contributed by atoms with E-state index in [0.717, 1.165) is 30.0 Å². The summed E-state index contributed by atoms with van der Waals surface area (Å²) < 4.78 is 1.90. The SMILES string of the molecule is Cc1nn(-c2ccccc2)cc1CN=C(N)N1CCCCC1.I. The van der Waals surface area contributed by atoms with Gasteiger partial charge in [-0.1, -0.05) is 18.2 Å². The Morgan fingerprint density at radius 2 is 1.87 bits per heavy atom. The van der Waals surface area contributed by atoms with Crippen molar-refractivity contribution in [2.24, 2.45) is 10.7 Å². The Balaban J connectivity index is 0.00000192. The van der Waals surface area contributed by atoms with E-state index in [4.69, 9.17) is 5.73 Å². The number of rotatable bonds is 3. The number of guanidine groups is 1. The van der Waals surface area contributed by atoms with Crippen molar-refractivity contribution in [2.45, 2.75) is 32.7 Å². The summed E-state index contributed by atoms with van der Waals surface area (Å²) in [6, 6.07) is 10.1. The van der Waals surface area contributed by atoms with Crippen molar-refractivity contribution in [3.05, 3.63) is 47.8 Å². The van der Waals surface area contributed by atoms with Gasteiger partial charge in [0.15, 0.2) is 5.96 Å². The molecule has 1 aromatic heterocycles. The normalized spacial score (nSPS) is 15.3. The quantitative estimate of drug-likeness (QED) is 0.467. The van der Waals surface area contributed by atoms with Gasteiger partial charge in [-0.3, -0.25) is 0 Å². The van der Waals surface area contributed by atoms with Crippen LogP contribution in [0.25, 0.3) is 5.69 Å². The van der Waals surface area contributed by atoms with Gasteiger partial charge >= 0.3 is 0 Å². The van der Waals surface area contributed by atoms with Crippen LogP contribution in [0.2, 0.25) is 0 Å². The Morgan fingerprint density at radius 1 is 1.17 bits per heavy atom. The van der Waals surface area contributed by atoms with Gasteiger partial charge < -0.3 is 10.6 Å². The molecular weight excluding hydrogens is 401 g/mol. The van der Waals surface area contributed by atoms with Crippen LogP contribution in [-0.4, -0.2) is 33.7 Å². The van der Waals surface area contributed by atoms with Gasteiger partial charge in [-0.05, 0) is 38.3 Å². The van der Waals surface area contributed by atoms with Crippen molar-refractivity contribution in [1.29, 1.82) is 0 Å². The first-order valence-corrected chi connectivity index (χ1v) is 7.89. The van der Waals surface area contributed by atoms with E-state index in [1.165, 1.54) is 19.3 Å². The number of nitrogens with zero attached hydrogens (tertiary/aromatic N) is 4. The third-order valence-corrected chi connectivity index (χ3v) is 4.11. The first-order chi connectivity index (χ1) is 10.7. The molecule has 0 saturated carbocycles. The maximum Gasteiger partial charge on any atom is 0.191 e. The van der Waals surface area contributed by atoms with Gasteiger partial charge in [0.2, 0.25) is 0 Å². The van der Waals surface area contributed by atoms with E-state index in [0.29, 0.717) is 12.5 Å². The van der Waals surface area contributed by atoms with Crippen LogP contribution >= 0.6 is 24.0 Å². The molecule has 0 atom stereocenters. The Morgan fingerprint density at radius 3 is 2.57 bits per heavy atom. The van der Waals surface area contributed by atoms with Gasteiger partial charge in [-0.2, -0.15) is 5.10 Å². The average Bonchev–Trinajstić information content (AvgIpc) is 2.95. The van der Waals surface area contributed by atoms with Crippen LogP contribution in [-0.2, 0) is 6.54 Å². The van der Waals surface area contributed by atoms with Crippen LogP contribution in [0.15, 0.2) is 41.5 Å². The lowest BCUT2D eigenvalue weighted by molar-refractivity contribution is 0.338. The zero-order valence-electron chi connectivity index (χ0n) is 13.5. The van der Waals surface area contributed by atoms with Crippen LogP contribution in [0.1, 0.15) is 30.5 Å². The zero-order valence-corrected chi connectivity index (χ0v) is 15.8. The number of likely N-dealkylation sites (tertiary alicyclic amines) is 1. The van der Waals surface area contributed by atoms with E-state index in [2.05, 4.69) is 15.0 Å². The van der Waals surface area contributed by atoms with Crippen molar-refractivity contribution >= 4 is 29.9 Å². The molecule has 0 amide bonds. The van der Waals surface area contributed by atoms with E-state index in [1.807, 2.05) is 48.1 Å². The van der Waals surface area contributed by atoms with Crippen molar-refractivity contribution in [3.63, 3.8) is 0 Å². The van der Waals surface area contributed by atoms with E-state index >= 15 is 0 Å². The topological polar surface area (TPSA) is 59.4 Å². The standard InChI is InChI=1S/C17H23N5.HI/c1-14-15(12-19-17(18)21-10-6-3-7-11-21)13-22(20-14)16-8-4-2-5-9-16;/h2,4-5,8-9,13H,3,6-7,10-12H2,1H3,(H2,18,19);1H. The van der Waals surface area contributed by atoms with Crippen LogP contribution in [0.4, 0.5) is 0 Å². The highest BCUT2D eigenvalue weighted by atomic mass is 127. The Labute approximate surface area is 154 Å². The summed E-state index contributed by atoms with van der Waals surface area (Å²) in [4.78, 5) is 6.73. The smallest absolute Gasteiger partial charge is 0.191 e. The Kier molecular flexibility index (Phi) is 6.44. The molecular formula is C17H24IN5. The second-order valence-corrected chi connectivity index (χ2v) is 5.74. The molecule has 0 aliphatic carbocycles. The summed E-state index contributed by atoms with van der Waals surface area (Å²) in [5.41, 5.74) is 9.29. The van der Waals surface area contributed by atoms with Gasteiger partial charge in [0.25, 0.3) is 0 Å². The number of aryl methyl sites for hydroxylation is 1. The fraction of sp³-hybridized carbons (Fsp3) is 0.412. The molecule has 0 spiro atoms. The second kappa shape index (κ2) is 8.33. The van der Waals surface area contributed by atoms with Crippen LogP contribution in [0, 0.1) is 6.92 Å². The molecule has 124 valence electrons. The summed E-state index contributed by atoms with van der Waals surface area (Å²) >= 11 is 0. The molecule has 0 unspecified atom stereocenters. The number of halogens is 1. The number of aromatic nitrogens is 2. The van der Waals surface area contributed by atoms with Crippen LogP contribution in [0.3, 0.4) is 0 Å². The number of benzene rings is 1. The lowest BCUT2D eigenvalue weighted by Gasteiger charge is -2.27. The molecule has 1 saturated heterocycles. The highest BCUT2D eigenvalue weighted by molar-refractivity contribution is 14.0. The Bertz CT molecular complexity index is 644. The number of hydrogen-bond acceptors (Lipinski definition) is 2. The first-order valence-electron chi connectivity index (χ1n) is 7.89. The largest absolute Gasteiger partial charge is 0.370 e. The highest BCUT2D eigenvalue weighted by Crippen LogP contribution is 2.13. The molecule has 6 heteroatoms. The molecule has 2 heterocycles. The molecule has 1 aromatic carbocycles. The molecule has 0 bridgehead atoms. The third kappa shape index (κ3) is 4.46. The van der Waals surface area contributed by atoms with Crippen molar-refractivity contribution in [2.75, 3.05) is 13.1 Å². The van der Waals surface area contributed by atoms with E-state index < -0.39 is 0 Å². The maximum absolute atomic E-state index is 6.11. The van der Waals surface area contributed by atoms with Crippen molar-refractivity contribution in [1.82, 2.24) is 14.7 Å². The number of hydrogen-bond donors (Lipinski definition) is 1. The van der Waals surface area contributed by atoms with E-state index in [-0.39, 0.29) is 24.0 Å². The summed E-state index contributed by atoms with van der Waals surface area (Å²) in [5, 5.41) is 4.56. The predicted octanol–water partition coefficient (Wildman–Crippen LogP) is 3.10. The molecule has 23 heavy (non-hydrogen) atoms. The molecule has 2 aromatic rings. The summed E-state index contributed by atoms with van der Waals surface area (Å²) in [6.45, 7) is 4.65. The fourth-order valence-corrected chi connectivity index (χ4v) is 2.75.